The lowest BCUT2D eigenvalue weighted by Gasteiger charge is -2.18. The van der Waals surface area contributed by atoms with Gasteiger partial charge in [-0.1, -0.05) is 64.7 Å². The Kier molecular flexibility index (Phi) is 19.3. The van der Waals surface area contributed by atoms with Crippen molar-refractivity contribution in [1.29, 1.82) is 0 Å². The van der Waals surface area contributed by atoms with Gasteiger partial charge in [0.25, 0.3) is 0 Å². The van der Waals surface area contributed by atoms with Gasteiger partial charge in [-0.15, -0.1) is 0 Å². The van der Waals surface area contributed by atoms with Crippen LogP contribution >= 0.6 is 0 Å². The summed E-state index contributed by atoms with van der Waals surface area (Å²) in [6, 6.07) is 0. The highest BCUT2D eigenvalue weighted by atomic mass is 16.7. The molecule has 0 radical (unpaired) electrons. The predicted molar refractivity (Wildman–Crippen MR) is 104 cm³/mol. The average molecular weight is 335 g/mol. The zero-order valence-corrected chi connectivity index (χ0v) is 16.3. The van der Waals surface area contributed by atoms with E-state index >= 15 is 0 Å². The molecule has 0 aromatic carbocycles. The molecule has 0 amide bonds. The van der Waals surface area contributed by atoms with E-state index in [0.29, 0.717) is 0 Å². The van der Waals surface area contributed by atoms with Gasteiger partial charge < -0.3 is 9.47 Å². The van der Waals surface area contributed by atoms with Crippen molar-refractivity contribution in [3.05, 3.63) is 0 Å². The highest BCUT2D eigenvalue weighted by Crippen LogP contribution is 2.13. The van der Waals surface area contributed by atoms with Crippen LogP contribution in [0.5, 0.6) is 0 Å². The molecule has 0 bridgehead atoms. The Morgan fingerprint density at radius 3 is 1.79 bits per heavy atom. The molecule has 2 heteroatoms. The monoisotopic (exact) mass is 334 g/mol. The summed E-state index contributed by atoms with van der Waals surface area (Å²) < 4.78 is 11.5. The first-order valence-corrected chi connectivity index (χ1v) is 10.0. The Hall–Kier alpha value is -0.960. The molecule has 0 heterocycles. The van der Waals surface area contributed by atoms with E-state index in [4.69, 9.17) is 9.47 Å². The van der Waals surface area contributed by atoms with Crippen LogP contribution in [0.25, 0.3) is 0 Å². The quantitative estimate of drug-likeness (QED) is 0.205. The van der Waals surface area contributed by atoms with E-state index in [1.54, 1.807) is 0 Å². The van der Waals surface area contributed by atoms with E-state index in [1.807, 2.05) is 6.92 Å². The molecular formula is C22H38O2. The van der Waals surface area contributed by atoms with E-state index < -0.39 is 0 Å². The van der Waals surface area contributed by atoms with Crippen LogP contribution in [0.3, 0.4) is 0 Å². The van der Waals surface area contributed by atoms with Gasteiger partial charge in [-0.25, -0.2) is 0 Å². The van der Waals surface area contributed by atoms with Gasteiger partial charge in [0.05, 0.1) is 0 Å². The second-order valence-corrected chi connectivity index (χ2v) is 6.14. The zero-order valence-electron chi connectivity index (χ0n) is 16.3. The largest absolute Gasteiger partial charge is 0.353 e. The molecule has 2 nitrogen and oxygen atoms in total. The smallest absolute Gasteiger partial charge is 0.157 e. The molecule has 0 aliphatic heterocycles. The molecule has 0 N–H and O–H groups in total. The van der Waals surface area contributed by atoms with Crippen molar-refractivity contribution in [2.45, 2.75) is 104 Å². The Morgan fingerprint density at radius 2 is 1.21 bits per heavy atom. The topological polar surface area (TPSA) is 18.5 Å². The fraction of sp³-hybridized carbons (Fsp3) is 0.818. The fourth-order valence-electron chi connectivity index (χ4n) is 2.36. The molecule has 0 saturated carbocycles. The standard InChI is InChI=1S/C22H38O2/c1-4-7-8-9-10-11-12-13-14-15-16-17-18-19-22(23-20-5-2)24-21-6-3/h22H,4-6,11-21H2,1-3H3. The van der Waals surface area contributed by atoms with E-state index in [9.17, 15) is 0 Å². The van der Waals surface area contributed by atoms with E-state index in [0.717, 1.165) is 45.3 Å². The maximum atomic E-state index is 5.76. The summed E-state index contributed by atoms with van der Waals surface area (Å²) in [4.78, 5) is 0. The van der Waals surface area contributed by atoms with Crippen molar-refractivity contribution in [3.63, 3.8) is 0 Å². The SMILES string of the molecule is CCC#CC#CCCCCCCCCCC(OCCC)OCCC. The Balaban J connectivity index is 3.45. The predicted octanol–water partition coefficient (Wildman–Crippen LogP) is 6.09. The van der Waals surface area contributed by atoms with Gasteiger partial charge in [-0.05, 0) is 43.9 Å². The molecule has 0 atom stereocenters. The third kappa shape index (κ3) is 17.4. The summed E-state index contributed by atoms with van der Waals surface area (Å²) in [7, 11) is 0. The molecule has 0 aromatic heterocycles. The Labute approximate surface area is 151 Å². The van der Waals surface area contributed by atoms with E-state index in [1.165, 1.54) is 44.9 Å². The molecule has 0 aliphatic carbocycles. The van der Waals surface area contributed by atoms with Crippen molar-refractivity contribution in [1.82, 2.24) is 0 Å². The minimum atomic E-state index is 0.0132. The number of unbranched alkanes of at least 4 members (excludes halogenated alkanes) is 7. The van der Waals surface area contributed by atoms with Crippen LogP contribution in [0, 0.1) is 23.7 Å². The van der Waals surface area contributed by atoms with Crippen LogP contribution in [-0.2, 0) is 9.47 Å². The van der Waals surface area contributed by atoms with Crippen LogP contribution in [-0.4, -0.2) is 19.5 Å². The maximum Gasteiger partial charge on any atom is 0.157 e. The first kappa shape index (κ1) is 23.0. The molecule has 0 fully saturated rings. The lowest BCUT2D eigenvalue weighted by Crippen LogP contribution is -2.18. The summed E-state index contributed by atoms with van der Waals surface area (Å²) in [5.74, 6) is 11.9. The van der Waals surface area contributed by atoms with Crippen molar-refractivity contribution in [2.75, 3.05) is 13.2 Å². The second kappa shape index (κ2) is 20.1. The van der Waals surface area contributed by atoms with Crippen LogP contribution < -0.4 is 0 Å². The maximum absolute atomic E-state index is 5.76. The van der Waals surface area contributed by atoms with Gasteiger partial charge in [-0.2, -0.15) is 0 Å². The van der Waals surface area contributed by atoms with Crippen molar-refractivity contribution in [2.24, 2.45) is 0 Å². The zero-order chi connectivity index (χ0) is 17.7. The summed E-state index contributed by atoms with van der Waals surface area (Å²) >= 11 is 0. The number of hydrogen-bond donors (Lipinski definition) is 0. The molecule has 0 aromatic rings. The lowest BCUT2D eigenvalue weighted by molar-refractivity contribution is -0.146. The van der Waals surface area contributed by atoms with Crippen molar-refractivity contribution >= 4 is 0 Å². The average Bonchev–Trinajstić information content (AvgIpc) is 2.60. The minimum absolute atomic E-state index is 0.0132. The van der Waals surface area contributed by atoms with Gasteiger partial charge in [0.1, 0.15) is 0 Å². The van der Waals surface area contributed by atoms with Crippen LogP contribution in [0.15, 0.2) is 0 Å². The summed E-state index contributed by atoms with van der Waals surface area (Å²) in [6.45, 7) is 7.94. The molecule has 138 valence electrons. The summed E-state index contributed by atoms with van der Waals surface area (Å²) in [5.41, 5.74) is 0. The Bertz CT molecular complexity index is 359. The molecule has 0 aliphatic rings. The third-order valence-corrected chi connectivity index (χ3v) is 3.67. The first-order chi connectivity index (χ1) is 11.8. The van der Waals surface area contributed by atoms with Gasteiger partial charge in [-0.3, -0.25) is 0 Å². The minimum Gasteiger partial charge on any atom is -0.353 e. The van der Waals surface area contributed by atoms with Crippen LogP contribution in [0.4, 0.5) is 0 Å². The van der Waals surface area contributed by atoms with Crippen LogP contribution in [0.2, 0.25) is 0 Å². The molecule has 0 unspecified atom stereocenters. The fourth-order valence-corrected chi connectivity index (χ4v) is 2.36. The lowest BCUT2D eigenvalue weighted by atomic mass is 10.1. The van der Waals surface area contributed by atoms with Gasteiger partial charge >= 0.3 is 0 Å². The van der Waals surface area contributed by atoms with Gasteiger partial charge in [0.15, 0.2) is 6.29 Å². The normalized spacial score (nSPS) is 10.2. The van der Waals surface area contributed by atoms with E-state index in [-0.39, 0.29) is 6.29 Å². The third-order valence-electron chi connectivity index (χ3n) is 3.67. The number of ether oxygens (including phenoxy) is 2. The van der Waals surface area contributed by atoms with E-state index in [2.05, 4.69) is 37.5 Å². The molecule has 24 heavy (non-hydrogen) atoms. The highest BCUT2D eigenvalue weighted by Gasteiger charge is 2.08. The highest BCUT2D eigenvalue weighted by molar-refractivity contribution is 5.25. The number of hydrogen-bond acceptors (Lipinski definition) is 2. The van der Waals surface area contributed by atoms with Gasteiger partial charge in [0, 0.05) is 26.1 Å². The summed E-state index contributed by atoms with van der Waals surface area (Å²) in [5, 5.41) is 0. The molecular weight excluding hydrogens is 296 g/mol. The molecule has 0 spiro atoms. The Morgan fingerprint density at radius 1 is 0.667 bits per heavy atom. The summed E-state index contributed by atoms with van der Waals surface area (Å²) in [6.07, 6.45) is 14.0. The van der Waals surface area contributed by atoms with Crippen molar-refractivity contribution in [3.8, 4) is 23.7 Å². The van der Waals surface area contributed by atoms with Crippen LogP contribution in [0.1, 0.15) is 97.8 Å². The second-order valence-electron chi connectivity index (χ2n) is 6.14. The number of rotatable bonds is 15. The van der Waals surface area contributed by atoms with Gasteiger partial charge in [0.2, 0.25) is 0 Å². The molecule has 0 rings (SSSR count). The van der Waals surface area contributed by atoms with Crippen molar-refractivity contribution < 1.29 is 9.47 Å². The molecule has 0 saturated heterocycles. The first-order valence-electron chi connectivity index (χ1n) is 10.0.